The Morgan fingerprint density at radius 1 is 1.35 bits per heavy atom. The summed E-state index contributed by atoms with van der Waals surface area (Å²) in [5.74, 6) is -0.435. The Kier molecular flexibility index (Phi) is 3.89. The van der Waals surface area contributed by atoms with Crippen LogP contribution >= 0.6 is 0 Å². The van der Waals surface area contributed by atoms with Gasteiger partial charge in [-0.25, -0.2) is 4.79 Å². The predicted octanol–water partition coefficient (Wildman–Crippen LogP) is 1.91. The first-order valence-electron chi connectivity index (χ1n) is 6.09. The second-order valence-corrected chi connectivity index (χ2v) is 4.46. The molecule has 0 fully saturated rings. The molecule has 1 N–H and O–H groups in total. The van der Waals surface area contributed by atoms with E-state index in [2.05, 4.69) is 0 Å². The molecule has 2 aromatic rings. The number of aromatic carboxylic acids is 1. The van der Waals surface area contributed by atoms with Crippen LogP contribution in [0.2, 0.25) is 0 Å². The minimum Gasteiger partial charge on any atom is -0.496 e. The molecule has 0 unspecified atom stereocenters. The molecule has 0 aliphatic rings. The summed E-state index contributed by atoms with van der Waals surface area (Å²) in [7, 11) is 1.60. The summed E-state index contributed by atoms with van der Waals surface area (Å²) < 4.78 is 6.56. The van der Waals surface area contributed by atoms with Crippen molar-refractivity contribution in [3.8, 4) is 5.75 Å². The van der Waals surface area contributed by atoms with Crippen molar-refractivity contribution in [1.82, 2.24) is 4.57 Å². The van der Waals surface area contributed by atoms with Gasteiger partial charge < -0.3 is 14.4 Å². The van der Waals surface area contributed by atoms with Crippen molar-refractivity contribution in [3.63, 3.8) is 0 Å². The number of carbonyl (C=O) groups is 1. The molecule has 0 spiro atoms. The molecule has 104 valence electrons. The molecule has 0 aliphatic carbocycles. The molecule has 0 saturated heterocycles. The van der Waals surface area contributed by atoms with E-state index < -0.39 is 11.5 Å². The van der Waals surface area contributed by atoms with Gasteiger partial charge in [-0.2, -0.15) is 0 Å². The molecular weight excluding hydrogens is 258 g/mol. The molecule has 0 atom stereocenters. The number of rotatable bonds is 4. The van der Waals surface area contributed by atoms with Crippen molar-refractivity contribution in [3.05, 3.63) is 63.6 Å². The van der Waals surface area contributed by atoms with Crippen LogP contribution in [0, 0.1) is 6.92 Å². The van der Waals surface area contributed by atoms with Crippen LogP contribution in [0.4, 0.5) is 0 Å². The zero-order valence-corrected chi connectivity index (χ0v) is 11.3. The van der Waals surface area contributed by atoms with Gasteiger partial charge in [-0.05, 0) is 36.2 Å². The van der Waals surface area contributed by atoms with Gasteiger partial charge in [-0.1, -0.05) is 12.1 Å². The topological polar surface area (TPSA) is 68.5 Å². The van der Waals surface area contributed by atoms with E-state index in [1.165, 1.54) is 10.6 Å². The van der Waals surface area contributed by atoms with E-state index in [1.54, 1.807) is 19.4 Å². The van der Waals surface area contributed by atoms with Crippen LogP contribution in [0.5, 0.6) is 5.75 Å². The van der Waals surface area contributed by atoms with E-state index in [0.29, 0.717) is 6.54 Å². The Hall–Kier alpha value is -2.56. The van der Waals surface area contributed by atoms with Gasteiger partial charge in [0.1, 0.15) is 11.3 Å². The standard InChI is InChI=1S/C15H15NO4/c1-10-8-11(5-6-13(10)20-2)9-16-7-3-4-12(14(16)17)15(18)19/h3-8H,9H2,1-2H3,(H,18,19). The van der Waals surface area contributed by atoms with Crippen LogP contribution in [-0.2, 0) is 6.54 Å². The number of aryl methyl sites for hydroxylation is 1. The zero-order valence-electron chi connectivity index (χ0n) is 11.3. The van der Waals surface area contributed by atoms with Gasteiger partial charge in [0.05, 0.1) is 13.7 Å². The normalized spacial score (nSPS) is 10.3. The Morgan fingerprint density at radius 3 is 2.70 bits per heavy atom. The fraction of sp³-hybridized carbons (Fsp3) is 0.200. The number of aromatic nitrogens is 1. The molecule has 0 aliphatic heterocycles. The predicted molar refractivity (Wildman–Crippen MR) is 74.5 cm³/mol. The number of benzene rings is 1. The number of carboxylic acids is 1. The lowest BCUT2D eigenvalue weighted by atomic mass is 10.1. The Morgan fingerprint density at radius 2 is 2.10 bits per heavy atom. The fourth-order valence-corrected chi connectivity index (χ4v) is 2.06. The van der Waals surface area contributed by atoms with Crippen molar-refractivity contribution >= 4 is 5.97 Å². The largest absolute Gasteiger partial charge is 0.496 e. The van der Waals surface area contributed by atoms with Crippen molar-refractivity contribution in [2.24, 2.45) is 0 Å². The summed E-state index contributed by atoms with van der Waals surface area (Å²) in [6, 6.07) is 8.46. The van der Waals surface area contributed by atoms with Gasteiger partial charge >= 0.3 is 5.97 Å². The Balaban J connectivity index is 2.35. The second-order valence-electron chi connectivity index (χ2n) is 4.46. The first-order valence-corrected chi connectivity index (χ1v) is 6.09. The molecule has 0 amide bonds. The lowest BCUT2D eigenvalue weighted by Crippen LogP contribution is -2.25. The molecule has 0 radical (unpaired) electrons. The van der Waals surface area contributed by atoms with Crippen LogP contribution in [0.3, 0.4) is 0 Å². The lowest BCUT2D eigenvalue weighted by molar-refractivity contribution is 0.0694. The second kappa shape index (κ2) is 5.61. The molecule has 20 heavy (non-hydrogen) atoms. The SMILES string of the molecule is COc1ccc(Cn2cccc(C(=O)O)c2=O)cc1C. The van der Waals surface area contributed by atoms with Crippen molar-refractivity contribution in [2.45, 2.75) is 13.5 Å². The van der Waals surface area contributed by atoms with E-state index in [4.69, 9.17) is 9.84 Å². The number of methoxy groups -OCH3 is 1. The van der Waals surface area contributed by atoms with Gasteiger partial charge in [0.15, 0.2) is 0 Å². The van der Waals surface area contributed by atoms with E-state index in [-0.39, 0.29) is 5.56 Å². The maximum Gasteiger partial charge on any atom is 0.341 e. The smallest absolute Gasteiger partial charge is 0.341 e. The summed E-state index contributed by atoms with van der Waals surface area (Å²) in [4.78, 5) is 22.9. The van der Waals surface area contributed by atoms with Gasteiger partial charge in [-0.15, -0.1) is 0 Å². The first-order chi connectivity index (χ1) is 9.52. The lowest BCUT2D eigenvalue weighted by Gasteiger charge is -2.09. The minimum atomic E-state index is -1.21. The summed E-state index contributed by atoms with van der Waals surface area (Å²) in [5, 5.41) is 8.94. The molecule has 1 heterocycles. The molecule has 0 bridgehead atoms. The van der Waals surface area contributed by atoms with Crippen molar-refractivity contribution in [1.29, 1.82) is 0 Å². The highest BCUT2D eigenvalue weighted by Gasteiger charge is 2.10. The highest BCUT2D eigenvalue weighted by atomic mass is 16.5. The maximum absolute atomic E-state index is 12.0. The number of carboxylic acid groups (broad SMARTS) is 1. The van der Waals surface area contributed by atoms with Crippen LogP contribution in [0.25, 0.3) is 0 Å². The fourth-order valence-electron chi connectivity index (χ4n) is 2.06. The van der Waals surface area contributed by atoms with Crippen LogP contribution in [0.15, 0.2) is 41.3 Å². The van der Waals surface area contributed by atoms with E-state index in [1.807, 2.05) is 25.1 Å². The van der Waals surface area contributed by atoms with Crippen LogP contribution in [-0.4, -0.2) is 22.8 Å². The van der Waals surface area contributed by atoms with Gasteiger partial charge in [0, 0.05) is 6.20 Å². The highest BCUT2D eigenvalue weighted by Crippen LogP contribution is 2.18. The molecular formula is C15H15NO4. The quantitative estimate of drug-likeness (QED) is 0.924. The zero-order chi connectivity index (χ0) is 14.7. The number of nitrogens with zero attached hydrogens (tertiary/aromatic N) is 1. The molecule has 1 aromatic carbocycles. The van der Waals surface area contributed by atoms with Gasteiger partial charge in [0.2, 0.25) is 0 Å². The number of hydrogen-bond donors (Lipinski definition) is 1. The summed E-state index contributed by atoms with van der Waals surface area (Å²) >= 11 is 0. The summed E-state index contributed by atoms with van der Waals surface area (Å²) in [5.41, 5.74) is 1.14. The average molecular weight is 273 g/mol. The molecule has 5 nitrogen and oxygen atoms in total. The van der Waals surface area contributed by atoms with E-state index in [0.717, 1.165) is 16.9 Å². The van der Waals surface area contributed by atoms with Crippen molar-refractivity contribution in [2.75, 3.05) is 7.11 Å². The van der Waals surface area contributed by atoms with Gasteiger partial charge in [0.25, 0.3) is 5.56 Å². The Bertz CT molecular complexity index is 703. The monoisotopic (exact) mass is 273 g/mol. The third-order valence-corrected chi connectivity index (χ3v) is 3.06. The third-order valence-electron chi connectivity index (χ3n) is 3.06. The number of hydrogen-bond acceptors (Lipinski definition) is 3. The van der Waals surface area contributed by atoms with Crippen LogP contribution in [0.1, 0.15) is 21.5 Å². The summed E-state index contributed by atoms with van der Waals surface area (Å²) in [6.07, 6.45) is 1.58. The van der Waals surface area contributed by atoms with E-state index in [9.17, 15) is 9.59 Å². The van der Waals surface area contributed by atoms with Crippen LogP contribution < -0.4 is 10.3 Å². The summed E-state index contributed by atoms with van der Waals surface area (Å²) in [6.45, 7) is 2.24. The minimum absolute atomic E-state index is 0.224. The first kappa shape index (κ1) is 13.9. The third kappa shape index (κ3) is 2.71. The number of pyridine rings is 1. The average Bonchev–Trinajstić information content (AvgIpc) is 2.41. The molecule has 0 saturated carbocycles. The molecule has 2 rings (SSSR count). The Labute approximate surface area is 116 Å². The van der Waals surface area contributed by atoms with E-state index >= 15 is 0 Å². The highest BCUT2D eigenvalue weighted by molar-refractivity contribution is 5.86. The number of ether oxygens (including phenoxy) is 1. The molecule has 5 heteroatoms. The van der Waals surface area contributed by atoms with Gasteiger partial charge in [-0.3, -0.25) is 4.79 Å². The van der Waals surface area contributed by atoms with Crippen molar-refractivity contribution < 1.29 is 14.6 Å². The molecule has 1 aromatic heterocycles. The maximum atomic E-state index is 12.0.